The first-order valence-corrected chi connectivity index (χ1v) is 6.34. The molecule has 1 aromatic carbocycles. The number of H-pyrrole nitrogens is 1. The van der Waals surface area contributed by atoms with Crippen LogP contribution in [0.25, 0.3) is 11.4 Å². The maximum absolute atomic E-state index is 13.4. The summed E-state index contributed by atoms with van der Waals surface area (Å²) in [4.78, 5) is 7.95. The summed E-state index contributed by atoms with van der Waals surface area (Å²) in [7, 11) is 0. The third-order valence-corrected chi connectivity index (χ3v) is 3.49. The van der Waals surface area contributed by atoms with Crippen molar-refractivity contribution in [2.75, 3.05) is 0 Å². The number of nitrogens with two attached hydrogens (primary N) is 1. The number of aryl methyl sites for hydroxylation is 2. The molecule has 94 valence electrons. The number of imidazole rings is 1. The van der Waals surface area contributed by atoms with Gasteiger partial charge < -0.3 is 10.7 Å². The van der Waals surface area contributed by atoms with Gasteiger partial charge in [-0.1, -0.05) is 0 Å². The zero-order valence-corrected chi connectivity index (χ0v) is 10.2. The van der Waals surface area contributed by atoms with Crippen LogP contribution in [0.4, 0.5) is 4.39 Å². The van der Waals surface area contributed by atoms with Crippen LogP contribution >= 0.6 is 0 Å². The molecule has 0 spiro atoms. The van der Waals surface area contributed by atoms with E-state index in [9.17, 15) is 4.39 Å². The van der Waals surface area contributed by atoms with Crippen LogP contribution in [-0.4, -0.2) is 9.97 Å². The first-order valence-electron chi connectivity index (χ1n) is 6.34. The summed E-state index contributed by atoms with van der Waals surface area (Å²) in [5.74, 6) is 0.578. The molecule has 4 heteroatoms. The monoisotopic (exact) mass is 245 g/mol. The summed E-state index contributed by atoms with van der Waals surface area (Å²) in [5.41, 5.74) is 9.36. The van der Waals surface area contributed by atoms with E-state index in [4.69, 9.17) is 5.73 Å². The average molecular weight is 245 g/mol. The van der Waals surface area contributed by atoms with Crippen molar-refractivity contribution in [2.24, 2.45) is 5.73 Å². The van der Waals surface area contributed by atoms with Gasteiger partial charge in [-0.25, -0.2) is 9.37 Å². The quantitative estimate of drug-likeness (QED) is 0.854. The standard InChI is InChI=1S/C14H16FN3/c15-11-6-5-9(7-10(11)8-16)14-17-12-3-1-2-4-13(12)18-14/h5-7H,1-4,8,16H2,(H,17,18). The molecule has 0 saturated heterocycles. The fraction of sp³-hybridized carbons (Fsp3) is 0.357. The minimum atomic E-state index is -0.252. The second-order valence-corrected chi connectivity index (χ2v) is 4.73. The van der Waals surface area contributed by atoms with Crippen molar-refractivity contribution in [3.63, 3.8) is 0 Å². The molecular formula is C14H16FN3. The third-order valence-electron chi connectivity index (χ3n) is 3.49. The van der Waals surface area contributed by atoms with Crippen molar-refractivity contribution in [2.45, 2.75) is 32.2 Å². The summed E-state index contributed by atoms with van der Waals surface area (Å²) in [6, 6.07) is 4.98. The Morgan fingerprint density at radius 2 is 2.11 bits per heavy atom. The highest BCUT2D eigenvalue weighted by atomic mass is 19.1. The Morgan fingerprint density at radius 3 is 2.89 bits per heavy atom. The Kier molecular flexibility index (Phi) is 2.88. The summed E-state index contributed by atoms with van der Waals surface area (Å²) in [6.07, 6.45) is 4.52. The summed E-state index contributed by atoms with van der Waals surface area (Å²) in [6.45, 7) is 0.208. The van der Waals surface area contributed by atoms with E-state index in [-0.39, 0.29) is 12.4 Å². The number of rotatable bonds is 2. The predicted octanol–water partition coefficient (Wildman–Crippen LogP) is 2.55. The van der Waals surface area contributed by atoms with Crippen molar-refractivity contribution in [3.8, 4) is 11.4 Å². The van der Waals surface area contributed by atoms with Gasteiger partial charge in [0.1, 0.15) is 11.6 Å². The van der Waals surface area contributed by atoms with E-state index >= 15 is 0 Å². The van der Waals surface area contributed by atoms with Gasteiger partial charge in [-0.2, -0.15) is 0 Å². The van der Waals surface area contributed by atoms with Gasteiger partial charge in [0.05, 0.1) is 5.69 Å². The Morgan fingerprint density at radius 1 is 1.28 bits per heavy atom. The maximum atomic E-state index is 13.4. The molecule has 0 radical (unpaired) electrons. The van der Waals surface area contributed by atoms with Gasteiger partial charge in [-0.3, -0.25) is 0 Å². The van der Waals surface area contributed by atoms with Crippen molar-refractivity contribution in [1.82, 2.24) is 9.97 Å². The lowest BCUT2D eigenvalue weighted by atomic mass is 10.0. The number of hydrogen-bond acceptors (Lipinski definition) is 2. The highest BCUT2D eigenvalue weighted by Crippen LogP contribution is 2.25. The molecule has 2 aromatic rings. The highest BCUT2D eigenvalue weighted by Gasteiger charge is 2.15. The molecule has 3 nitrogen and oxygen atoms in total. The Hall–Kier alpha value is -1.68. The van der Waals surface area contributed by atoms with E-state index in [0.717, 1.165) is 29.9 Å². The molecule has 0 unspecified atom stereocenters. The van der Waals surface area contributed by atoms with Crippen LogP contribution in [0.5, 0.6) is 0 Å². The van der Waals surface area contributed by atoms with E-state index in [1.807, 2.05) is 0 Å². The Balaban J connectivity index is 2.01. The lowest BCUT2D eigenvalue weighted by Crippen LogP contribution is -2.00. The smallest absolute Gasteiger partial charge is 0.137 e. The van der Waals surface area contributed by atoms with Gasteiger partial charge in [-0.05, 0) is 43.9 Å². The van der Waals surface area contributed by atoms with Crippen LogP contribution in [0, 0.1) is 5.82 Å². The Labute approximate surface area is 105 Å². The first-order chi connectivity index (χ1) is 8.78. The van der Waals surface area contributed by atoms with Gasteiger partial charge in [-0.15, -0.1) is 0 Å². The van der Waals surface area contributed by atoms with Crippen LogP contribution in [0.2, 0.25) is 0 Å². The van der Waals surface area contributed by atoms with Crippen LogP contribution in [0.15, 0.2) is 18.2 Å². The number of aromatic amines is 1. The second-order valence-electron chi connectivity index (χ2n) is 4.73. The van der Waals surface area contributed by atoms with Crippen molar-refractivity contribution < 1.29 is 4.39 Å². The molecule has 0 bridgehead atoms. The number of nitrogens with one attached hydrogen (secondary N) is 1. The number of halogens is 1. The molecule has 3 rings (SSSR count). The molecule has 0 saturated carbocycles. The minimum Gasteiger partial charge on any atom is -0.342 e. The van der Waals surface area contributed by atoms with Gasteiger partial charge in [0.15, 0.2) is 0 Å². The summed E-state index contributed by atoms with van der Waals surface area (Å²) in [5, 5.41) is 0. The van der Waals surface area contributed by atoms with E-state index in [0.29, 0.717) is 5.56 Å². The fourth-order valence-corrected chi connectivity index (χ4v) is 2.47. The predicted molar refractivity (Wildman–Crippen MR) is 68.5 cm³/mol. The van der Waals surface area contributed by atoms with Crippen molar-refractivity contribution >= 4 is 0 Å². The Bertz CT molecular complexity index is 551. The minimum absolute atomic E-state index is 0.208. The largest absolute Gasteiger partial charge is 0.342 e. The van der Waals surface area contributed by atoms with Gasteiger partial charge in [0, 0.05) is 23.4 Å². The molecular weight excluding hydrogens is 229 g/mol. The van der Waals surface area contributed by atoms with Crippen LogP contribution in [-0.2, 0) is 19.4 Å². The highest BCUT2D eigenvalue weighted by molar-refractivity contribution is 5.57. The van der Waals surface area contributed by atoms with Crippen LogP contribution < -0.4 is 5.73 Å². The molecule has 0 aliphatic heterocycles. The van der Waals surface area contributed by atoms with Crippen LogP contribution in [0.3, 0.4) is 0 Å². The molecule has 1 aliphatic carbocycles. The number of hydrogen-bond donors (Lipinski definition) is 2. The maximum Gasteiger partial charge on any atom is 0.137 e. The van der Waals surface area contributed by atoms with Gasteiger partial charge >= 0.3 is 0 Å². The van der Waals surface area contributed by atoms with Gasteiger partial charge in [0.2, 0.25) is 0 Å². The summed E-state index contributed by atoms with van der Waals surface area (Å²) < 4.78 is 13.4. The zero-order valence-electron chi connectivity index (χ0n) is 10.2. The van der Waals surface area contributed by atoms with E-state index in [1.165, 1.54) is 24.6 Å². The molecule has 1 aliphatic rings. The first kappa shape index (κ1) is 11.4. The fourth-order valence-electron chi connectivity index (χ4n) is 2.47. The van der Waals surface area contributed by atoms with Gasteiger partial charge in [0.25, 0.3) is 0 Å². The average Bonchev–Trinajstić information content (AvgIpc) is 2.83. The van der Waals surface area contributed by atoms with E-state index < -0.39 is 0 Å². The molecule has 1 heterocycles. The summed E-state index contributed by atoms with van der Waals surface area (Å²) >= 11 is 0. The lowest BCUT2D eigenvalue weighted by Gasteiger charge is -2.07. The zero-order chi connectivity index (χ0) is 12.5. The molecule has 0 amide bonds. The topological polar surface area (TPSA) is 54.7 Å². The third kappa shape index (κ3) is 1.93. The number of fused-ring (bicyclic) bond motifs is 1. The van der Waals surface area contributed by atoms with Crippen LogP contribution in [0.1, 0.15) is 29.8 Å². The molecule has 1 aromatic heterocycles. The number of aromatic nitrogens is 2. The van der Waals surface area contributed by atoms with E-state index in [1.54, 1.807) is 12.1 Å². The normalized spacial score (nSPS) is 14.6. The van der Waals surface area contributed by atoms with Crippen molar-refractivity contribution in [3.05, 3.63) is 41.0 Å². The number of benzene rings is 1. The molecule has 3 N–H and O–H groups in total. The SMILES string of the molecule is NCc1cc(-c2nc3c([nH]2)CCCC3)ccc1F. The molecule has 18 heavy (non-hydrogen) atoms. The second kappa shape index (κ2) is 4.53. The number of nitrogens with zero attached hydrogens (tertiary/aromatic N) is 1. The van der Waals surface area contributed by atoms with E-state index in [2.05, 4.69) is 9.97 Å². The molecule has 0 atom stereocenters. The molecule has 0 fully saturated rings. The lowest BCUT2D eigenvalue weighted by molar-refractivity contribution is 0.611. The van der Waals surface area contributed by atoms with Crippen molar-refractivity contribution in [1.29, 1.82) is 0 Å².